The Bertz CT molecular complexity index is 741. The molecule has 0 spiro atoms. The number of carbonyl (C=O) groups excluding carboxylic acids is 2. The lowest BCUT2D eigenvalue weighted by atomic mass is 9.84. The van der Waals surface area contributed by atoms with Crippen molar-refractivity contribution >= 4 is 12.0 Å². The summed E-state index contributed by atoms with van der Waals surface area (Å²) < 4.78 is 5.30. The van der Waals surface area contributed by atoms with E-state index in [2.05, 4.69) is 21.6 Å². The van der Waals surface area contributed by atoms with Crippen LogP contribution in [0.4, 0.5) is 4.79 Å². The molecule has 9 nitrogen and oxygen atoms in total. The first kappa shape index (κ1) is 26.2. The molecule has 2 N–H and O–H groups in total. The molecule has 2 amide bonds. The molecule has 2 heterocycles. The Morgan fingerprint density at radius 1 is 1.00 bits per heavy atom. The molecule has 0 aromatic carbocycles. The summed E-state index contributed by atoms with van der Waals surface area (Å²) in [5, 5.41) is 17.5. The predicted octanol–water partition coefficient (Wildman–Crippen LogP) is 2.96. The van der Waals surface area contributed by atoms with Crippen molar-refractivity contribution in [3.05, 3.63) is 0 Å². The highest BCUT2D eigenvalue weighted by molar-refractivity contribution is 5.86. The number of hydrogen-bond donors (Lipinski definition) is 2. The average Bonchev–Trinajstić information content (AvgIpc) is 3.28. The van der Waals surface area contributed by atoms with Crippen molar-refractivity contribution in [2.24, 2.45) is 11.8 Å². The highest BCUT2D eigenvalue weighted by Gasteiger charge is 2.42. The molecule has 2 atom stereocenters. The smallest absolute Gasteiger partial charge is 0.379 e. The van der Waals surface area contributed by atoms with E-state index in [0.29, 0.717) is 57.5 Å². The number of nitrogens with zero attached hydrogens (tertiary/aromatic N) is 3. The maximum absolute atomic E-state index is 13.5. The summed E-state index contributed by atoms with van der Waals surface area (Å²) in [5.41, 5.74) is -0.896. The second-order valence-electron chi connectivity index (χ2n) is 11.0. The van der Waals surface area contributed by atoms with Gasteiger partial charge in [0.2, 0.25) is 5.91 Å². The second-order valence-corrected chi connectivity index (χ2v) is 11.0. The van der Waals surface area contributed by atoms with Gasteiger partial charge in [0, 0.05) is 19.6 Å². The van der Waals surface area contributed by atoms with Crippen molar-refractivity contribution in [2.45, 2.75) is 88.6 Å². The number of rotatable bonds is 8. The highest BCUT2D eigenvalue weighted by atomic mass is 16.7. The van der Waals surface area contributed by atoms with E-state index in [0.717, 1.165) is 38.8 Å². The molecule has 35 heavy (non-hydrogen) atoms. The molecule has 2 saturated carbocycles. The Hall–Kier alpha value is -1.89. The van der Waals surface area contributed by atoms with Gasteiger partial charge in [0.15, 0.2) is 0 Å². The lowest BCUT2D eigenvalue weighted by Gasteiger charge is -2.31. The normalized spacial score (nSPS) is 28.2. The molecule has 4 rings (SSSR count). The molecule has 4 aliphatic rings. The number of likely N-dealkylation sites (tertiary alicyclic amines) is 1. The van der Waals surface area contributed by atoms with Crippen LogP contribution in [0.2, 0.25) is 0 Å². The lowest BCUT2D eigenvalue weighted by molar-refractivity contribution is -0.147. The van der Waals surface area contributed by atoms with Gasteiger partial charge in [-0.3, -0.25) is 9.69 Å². The molecule has 2 aliphatic heterocycles. The van der Waals surface area contributed by atoms with Crippen LogP contribution in [-0.2, 0) is 14.4 Å². The Labute approximate surface area is 209 Å². The molecule has 2 unspecified atom stereocenters. The van der Waals surface area contributed by atoms with Gasteiger partial charge >= 0.3 is 6.09 Å². The number of amides is 2. The molecule has 4 fully saturated rings. The molecule has 9 heteroatoms. The van der Waals surface area contributed by atoms with Crippen molar-refractivity contribution in [2.75, 3.05) is 45.9 Å². The van der Waals surface area contributed by atoms with Crippen molar-refractivity contribution in [1.82, 2.24) is 20.6 Å². The Morgan fingerprint density at radius 3 is 2.31 bits per heavy atom. The van der Waals surface area contributed by atoms with Crippen molar-refractivity contribution in [3.63, 3.8) is 0 Å². The number of nitriles is 1. The van der Waals surface area contributed by atoms with E-state index in [1.165, 1.54) is 38.5 Å². The van der Waals surface area contributed by atoms with Gasteiger partial charge in [0.25, 0.3) is 0 Å². The SMILES string of the molecule is N#CC1(NC(=O)C(CC2CCCCC2)NC(=O)ON2CCOCC2)CCN(CC2CCCCC2)C1. The minimum atomic E-state index is -0.896. The number of ether oxygens (including phenoxy) is 1. The second kappa shape index (κ2) is 12.9. The van der Waals surface area contributed by atoms with Crippen LogP contribution in [0.5, 0.6) is 0 Å². The molecule has 0 aromatic rings. The van der Waals surface area contributed by atoms with Crippen LogP contribution >= 0.6 is 0 Å². The molecule has 2 saturated heterocycles. The largest absolute Gasteiger partial charge is 0.426 e. The minimum Gasteiger partial charge on any atom is -0.379 e. The van der Waals surface area contributed by atoms with Crippen LogP contribution in [0.3, 0.4) is 0 Å². The van der Waals surface area contributed by atoms with Crippen LogP contribution in [0.1, 0.15) is 77.0 Å². The van der Waals surface area contributed by atoms with E-state index in [4.69, 9.17) is 9.57 Å². The van der Waals surface area contributed by atoms with Gasteiger partial charge in [-0.1, -0.05) is 51.4 Å². The van der Waals surface area contributed by atoms with Gasteiger partial charge in [-0.25, -0.2) is 4.79 Å². The Balaban J connectivity index is 1.35. The van der Waals surface area contributed by atoms with Gasteiger partial charge < -0.3 is 20.2 Å². The van der Waals surface area contributed by atoms with Crippen LogP contribution < -0.4 is 10.6 Å². The lowest BCUT2D eigenvalue weighted by Crippen LogP contribution is -2.57. The summed E-state index contributed by atoms with van der Waals surface area (Å²) in [5.74, 6) is 0.827. The number of nitrogens with one attached hydrogen (secondary N) is 2. The fourth-order valence-electron chi connectivity index (χ4n) is 6.24. The number of carbonyl (C=O) groups is 2. The Morgan fingerprint density at radius 2 is 1.66 bits per heavy atom. The third kappa shape index (κ3) is 7.80. The minimum absolute atomic E-state index is 0.268. The summed E-state index contributed by atoms with van der Waals surface area (Å²) in [6.07, 6.45) is 12.7. The van der Waals surface area contributed by atoms with Gasteiger partial charge in [-0.15, -0.1) is 5.06 Å². The topological polar surface area (TPSA) is 107 Å². The standard InChI is InChI=1S/C26H43N5O4/c27-19-26(11-12-30(20-26)18-22-9-5-2-6-10-22)29-24(32)23(17-21-7-3-1-4-8-21)28-25(33)35-31-13-15-34-16-14-31/h21-23H,1-18,20H2,(H,28,33)(H,29,32). The molecular formula is C26H43N5O4. The zero-order valence-corrected chi connectivity index (χ0v) is 21.1. The van der Waals surface area contributed by atoms with Crippen LogP contribution in [0.25, 0.3) is 0 Å². The predicted molar refractivity (Wildman–Crippen MR) is 131 cm³/mol. The average molecular weight is 490 g/mol. The number of morpholine rings is 1. The van der Waals surface area contributed by atoms with Crippen molar-refractivity contribution in [1.29, 1.82) is 5.26 Å². The highest BCUT2D eigenvalue weighted by Crippen LogP contribution is 2.30. The van der Waals surface area contributed by atoms with Crippen LogP contribution in [-0.4, -0.2) is 79.5 Å². The van der Waals surface area contributed by atoms with Crippen molar-refractivity contribution in [3.8, 4) is 6.07 Å². The van der Waals surface area contributed by atoms with E-state index in [1.54, 1.807) is 5.06 Å². The number of hydrogen-bond acceptors (Lipinski definition) is 7. The zero-order chi connectivity index (χ0) is 24.5. The molecule has 2 aliphatic carbocycles. The number of hydroxylamine groups is 2. The monoisotopic (exact) mass is 489 g/mol. The van der Waals surface area contributed by atoms with E-state index in [1.807, 2.05) is 0 Å². The van der Waals surface area contributed by atoms with Gasteiger partial charge in [-0.2, -0.15) is 5.26 Å². The van der Waals surface area contributed by atoms with Crippen LogP contribution in [0, 0.1) is 23.2 Å². The molecule has 196 valence electrons. The molecule has 0 bridgehead atoms. The van der Waals surface area contributed by atoms with Crippen molar-refractivity contribution < 1.29 is 19.2 Å². The van der Waals surface area contributed by atoms with E-state index >= 15 is 0 Å². The molecule has 0 aromatic heterocycles. The Kier molecular flexibility index (Phi) is 9.64. The van der Waals surface area contributed by atoms with E-state index < -0.39 is 17.7 Å². The maximum Gasteiger partial charge on any atom is 0.426 e. The summed E-state index contributed by atoms with van der Waals surface area (Å²) >= 11 is 0. The quantitative estimate of drug-likeness (QED) is 0.540. The third-order valence-corrected chi connectivity index (χ3v) is 8.25. The first-order chi connectivity index (χ1) is 17.0. The van der Waals surface area contributed by atoms with E-state index in [-0.39, 0.29) is 5.91 Å². The van der Waals surface area contributed by atoms with Gasteiger partial charge in [0.05, 0.1) is 32.4 Å². The summed E-state index contributed by atoms with van der Waals surface area (Å²) in [4.78, 5) is 33.9. The fraction of sp³-hybridized carbons (Fsp3) is 0.885. The maximum atomic E-state index is 13.5. The fourth-order valence-corrected chi connectivity index (χ4v) is 6.24. The zero-order valence-electron chi connectivity index (χ0n) is 21.1. The van der Waals surface area contributed by atoms with E-state index in [9.17, 15) is 14.9 Å². The molecular weight excluding hydrogens is 446 g/mol. The summed E-state index contributed by atoms with van der Waals surface area (Å²) in [6.45, 7) is 4.45. The van der Waals surface area contributed by atoms with Gasteiger partial charge in [-0.05, 0) is 37.5 Å². The summed E-state index contributed by atoms with van der Waals surface area (Å²) in [7, 11) is 0. The van der Waals surface area contributed by atoms with Gasteiger partial charge in [0.1, 0.15) is 11.6 Å². The first-order valence-corrected chi connectivity index (χ1v) is 13.8. The molecule has 0 radical (unpaired) electrons. The first-order valence-electron chi connectivity index (χ1n) is 13.8. The third-order valence-electron chi connectivity index (χ3n) is 8.25. The van der Waals surface area contributed by atoms with Crippen LogP contribution in [0.15, 0.2) is 0 Å². The summed E-state index contributed by atoms with van der Waals surface area (Å²) in [6, 6.07) is 1.71.